The standard InChI is InChI=1S/C19H17N3O6/c1-21-16(20)14(17(24)22(2)19(21)26)13(23)10-28-18(25)15-12(8-9-27-15)11-6-4-3-5-7-11/h3-9H,10,20H2,1-2H3. The number of aromatic nitrogens is 2. The van der Waals surface area contributed by atoms with Crippen LogP contribution in [0.1, 0.15) is 20.9 Å². The minimum Gasteiger partial charge on any atom is -0.457 e. The van der Waals surface area contributed by atoms with E-state index in [1.807, 2.05) is 6.07 Å². The van der Waals surface area contributed by atoms with Gasteiger partial charge in [0, 0.05) is 19.7 Å². The smallest absolute Gasteiger partial charge is 0.375 e. The third-order valence-electron chi connectivity index (χ3n) is 4.26. The quantitative estimate of drug-likeness (QED) is 0.514. The molecule has 0 spiro atoms. The molecule has 0 aliphatic rings. The molecule has 3 rings (SSSR count). The molecule has 0 saturated carbocycles. The number of nitrogens with zero attached hydrogens (tertiary/aromatic N) is 2. The average Bonchev–Trinajstić information content (AvgIpc) is 3.20. The van der Waals surface area contributed by atoms with Crippen LogP contribution >= 0.6 is 0 Å². The number of anilines is 1. The summed E-state index contributed by atoms with van der Waals surface area (Å²) < 4.78 is 11.9. The Bertz CT molecular complexity index is 1170. The lowest BCUT2D eigenvalue weighted by molar-refractivity contribution is 0.0444. The Balaban J connectivity index is 1.82. The van der Waals surface area contributed by atoms with E-state index >= 15 is 0 Å². The van der Waals surface area contributed by atoms with Crippen LogP contribution in [-0.2, 0) is 18.8 Å². The molecule has 0 radical (unpaired) electrons. The van der Waals surface area contributed by atoms with Crippen LogP contribution in [0.15, 0.2) is 56.7 Å². The number of furan rings is 1. The summed E-state index contributed by atoms with van der Waals surface area (Å²) in [5, 5.41) is 0. The van der Waals surface area contributed by atoms with E-state index in [-0.39, 0.29) is 11.6 Å². The van der Waals surface area contributed by atoms with Gasteiger partial charge in [-0.25, -0.2) is 9.59 Å². The molecule has 0 aliphatic carbocycles. The Hall–Kier alpha value is -3.88. The van der Waals surface area contributed by atoms with Crippen LogP contribution in [0.2, 0.25) is 0 Å². The summed E-state index contributed by atoms with van der Waals surface area (Å²) in [5.41, 5.74) is 5.04. The maximum absolute atomic E-state index is 12.4. The van der Waals surface area contributed by atoms with Crippen LogP contribution in [0.4, 0.5) is 5.82 Å². The molecule has 28 heavy (non-hydrogen) atoms. The highest BCUT2D eigenvalue weighted by atomic mass is 16.5. The van der Waals surface area contributed by atoms with Gasteiger partial charge in [0.05, 0.1) is 6.26 Å². The second-order valence-corrected chi connectivity index (χ2v) is 5.99. The summed E-state index contributed by atoms with van der Waals surface area (Å²) in [4.78, 5) is 48.8. The van der Waals surface area contributed by atoms with E-state index in [2.05, 4.69) is 0 Å². The van der Waals surface area contributed by atoms with E-state index in [0.29, 0.717) is 5.56 Å². The maximum atomic E-state index is 12.4. The molecule has 0 bridgehead atoms. The monoisotopic (exact) mass is 383 g/mol. The number of hydrogen-bond donors (Lipinski definition) is 1. The molecular weight excluding hydrogens is 366 g/mol. The van der Waals surface area contributed by atoms with Crippen LogP contribution in [0.3, 0.4) is 0 Å². The van der Waals surface area contributed by atoms with Gasteiger partial charge < -0.3 is 14.9 Å². The predicted molar refractivity (Wildman–Crippen MR) is 100 cm³/mol. The Morgan fingerprint density at radius 2 is 1.75 bits per heavy atom. The van der Waals surface area contributed by atoms with Gasteiger partial charge in [-0.05, 0) is 11.6 Å². The first-order valence-corrected chi connectivity index (χ1v) is 8.21. The van der Waals surface area contributed by atoms with Crippen molar-refractivity contribution in [3.63, 3.8) is 0 Å². The minimum atomic E-state index is -0.864. The zero-order valence-electron chi connectivity index (χ0n) is 15.2. The van der Waals surface area contributed by atoms with E-state index in [9.17, 15) is 19.2 Å². The molecule has 0 saturated heterocycles. The number of Topliss-reactive ketones (excluding diaryl/α,β-unsaturated/α-hetero) is 1. The Morgan fingerprint density at radius 1 is 1.07 bits per heavy atom. The molecule has 2 aromatic heterocycles. The highest BCUT2D eigenvalue weighted by molar-refractivity contribution is 6.02. The van der Waals surface area contributed by atoms with Gasteiger partial charge in [0.15, 0.2) is 6.61 Å². The van der Waals surface area contributed by atoms with Crippen molar-refractivity contribution in [2.24, 2.45) is 14.1 Å². The van der Waals surface area contributed by atoms with Crippen molar-refractivity contribution in [1.82, 2.24) is 9.13 Å². The molecule has 0 atom stereocenters. The van der Waals surface area contributed by atoms with E-state index in [1.165, 1.54) is 20.4 Å². The number of hydrogen-bond acceptors (Lipinski definition) is 7. The van der Waals surface area contributed by atoms with Gasteiger partial charge in [0.1, 0.15) is 11.4 Å². The highest BCUT2D eigenvalue weighted by Gasteiger charge is 2.24. The molecule has 9 nitrogen and oxygen atoms in total. The molecule has 2 N–H and O–H groups in total. The van der Waals surface area contributed by atoms with Gasteiger partial charge in [0.2, 0.25) is 11.5 Å². The number of nitrogens with two attached hydrogens (primary N) is 1. The van der Waals surface area contributed by atoms with Crippen LogP contribution in [-0.4, -0.2) is 27.5 Å². The average molecular weight is 383 g/mol. The van der Waals surface area contributed by atoms with E-state index in [4.69, 9.17) is 14.9 Å². The number of rotatable bonds is 5. The number of carbonyl (C=O) groups excluding carboxylic acids is 2. The SMILES string of the molecule is Cn1c(N)c(C(=O)COC(=O)c2occc2-c2ccccc2)c(=O)n(C)c1=O. The van der Waals surface area contributed by atoms with Crippen molar-refractivity contribution in [2.75, 3.05) is 12.3 Å². The van der Waals surface area contributed by atoms with Crippen LogP contribution in [0, 0.1) is 0 Å². The van der Waals surface area contributed by atoms with Crippen molar-refractivity contribution in [3.05, 3.63) is 74.8 Å². The lowest BCUT2D eigenvalue weighted by Gasteiger charge is -2.11. The Labute approximate surface area is 158 Å². The van der Waals surface area contributed by atoms with Gasteiger partial charge in [-0.3, -0.25) is 18.7 Å². The van der Waals surface area contributed by atoms with Crippen LogP contribution in [0.25, 0.3) is 11.1 Å². The normalized spacial score (nSPS) is 10.6. The first-order valence-electron chi connectivity index (χ1n) is 8.21. The molecule has 9 heteroatoms. The first-order chi connectivity index (χ1) is 13.3. The summed E-state index contributed by atoms with van der Waals surface area (Å²) in [6.07, 6.45) is 1.33. The summed E-state index contributed by atoms with van der Waals surface area (Å²) in [5.74, 6) is -2.05. The molecule has 144 valence electrons. The zero-order valence-corrected chi connectivity index (χ0v) is 15.2. The van der Waals surface area contributed by atoms with Crippen molar-refractivity contribution >= 4 is 17.6 Å². The molecule has 0 aliphatic heterocycles. The summed E-state index contributed by atoms with van der Waals surface area (Å²) in [6, 6.07) is 10.6. The molecule has 0 amide bonds. The van der Waals surface area contributed by atoms with Crippen LogP contribution < -0.4 is 17.0 Å². The molecule has 0 unspecified atom stereocenters. The van der Waals surface area contributed by atoms with Crippen LogP contribution in [0.5, 0.6) is 0 Å². The predicted octanol–water partition coefficient (Wildman–Crippen LogP) is 0.966. The minimum absolute atomic E-state index is 0.0691. The number of ether oxygens (including phenoxy) is 1. The number of nitrogen functional groups attached to an aromatic ring is 1. The molecular formula is C19H17N3O6. The molecule has 2 heterocycles. The second kappa shape index (κ2) is 7.39. The maximum Gasteiger partial charge on any atom is 0.375 e. The van der Waals surface area contributed by atoms with Gasteiger partial charge in [-0.15, -0.1) is 0 Å². The van der Waals surface area contributed by atoms with Gasteiger partial charge in [-0.1, -0.05) is 30.3 Å². The number of esters is 1. The largest absolute Gasteiger partial charge is 0.457 e. The van der Waals surface area contributed by atoms with Crippen molar-refractivity contribution < 1.29 is 18.7 Å². The second-order valence-electron chi connectivity index (χ2n) is 5.99. The lowest BCUT2D eigenvalue weighted by atomic mass is 10.1. The topological polar surface area (TPSA) is 127 Å². The Kier molecular flexibility index (Phi) is 4.99. The Morgan fingerprint density at radius 3 is 2.43 bits per heavy atom. The van der Waals surface area contributed by atoms with E-state index < -0.39 is 35.2 Å². The number of benzene rings is 1. The van der Waals surface area contributed by atoms with E-state index in [1.54, 1.807) is 30.3 Å². The lowest BCUT2D eigenvalue weighted by Crippen LogP contribution is -2.42. The van der Waals surface area contributed by atoms with Crippen molar-refractivity contribution in [2.45, 2.75) is 0 Å². The molecule has 0 fully saturated rings. The summed E-state index contributed by atoms with van der Waals surface area (Å²) in [6.45, 7) is -0.731. The third-order valence-corrected chi connectivity index (χ3v) is 4.26. The first kappa shape index (κ1) is 18.9. The third kappa shape index (κ3) is 3.25. The fraction of sp³-hybridized carbons (Fsp3) is 0.158. The van der Waals surface area contributed by atoms with Gasteiger partial charge in [0.25, 0.3) is 5.56 Å². The van der Waals surface area contributed by atoms with Gasteiger partial charge >= 0.3 is 11.7 Å². The van der Waals surface area contributed by atoms with Crippen molar-refractivity contribution in [1.29, 1.82) is 0 Å². The van der Waals surface area contributed by atoms with Crippen molar-refractivity contribution in [3.8, 4) is 11.1 Å². The molecule has 3 aromatic rings. The number of carbonyl (C=O) groups is 2. The fourth-order valence-electron chi connectivity index (χ4n) is 2.70. The van der Waals surface area contributed by atoms with E-state index in [0.717, 1.165) is 14.7 Å². The zero-order chi connectivity index (χ0) is 20.4. The summed E-state index contributed by atoms with van der Waals surface area (Å²) in [7, 11) is 2.55. The van der Waals surface area contributed by atoms with Gasteiger partial charge in [-0.2, -0.15) is 0 Å². The summed E-state index contributed by atoms with van der Waals surface area (Å²) >= 11 is 0. The number of ketones is 1. The fourth-order valence-corrected chi connectivity index (χ4v) is 2.70. The highest BCUT2D eigenvalue weighted by Crippen LogP contribution is 2.25. The molecule has 1 aromatic carbocycles.